The third kappa shape index (κ3) is 4.44. The summed E-state index contributed by atoms with van der Waals surface area (Å²) in [6.07, 6.45) is 0.703. The van der Waals surface area contributed by atoms with Crippen LogP contribution in [0.15, 0.2) is 59.5 Å². The van der Waals surface area contributed by atoms with Crippen LogP contribution in [0.5, 0.6) is 17.4 Å². The van der Waals surface area contributed by atoms with Crippen LogP contribution in [0.25, 0.3) is 5.82 Å². The minimum Gasteiger partial charge on any atom is -0.493 e. The second kappa shape index (κ2) is 8.45. The molecule has 0 amide bonds. The van der Waals surface area contributed by atoms with E-state index < -0.39 is 10.0 Å². The Morgan fingerprint density at radius 1 is 1.00 bits per heavy atom. The van der Waals surface area contributed by atoms with Crippen molar-refractivity contribution in [3.63, 3.8) is 0 Å². The highest BCUT2D eigenvalue weighted by Gasteiger charge is 2.19. The molecule has 0 atom stereocenters. The van der Waals surface area contributed by atoms with Gasteiger partial charge in [-0.1, -0.05) is 0 Å². The van der Waals surface area contributed by atoms with Crippen molar-refractivity contribution in [2.45, 2.75) is 32.1 Å². The van der Waals surface area contributed by atoms with Gasteiger partial charge in [-0.05, 0) is 74.9 Å². The molecule has 174 valence electrons. The number of aromatic nitrogens is 4. The van der Waals surface area contributed by atoms with Gasteiger partial charge in [0.2, 0.25) is 5.88 Å². The summed E-state index contributed by atoms with van der Waals surface area (Å²) in [4.78, 5) is 8.99. The standard InChI is InChI=1S/C24H23N5O4S/c1-15-12-16(2)29(27-15)23-14-24(26-17(3)25-23)33-20-6-4-19(5-7-20)28-34(30,31)21-8-9-22-18(13-21)10-11-32-22/h4-9,12-14,28H,10-11H2,1-3H3. The molecule has 4 aromatic rings. The lowest BCUT2D eigenvalue weighted by Gasteiger charge is -2.11. The molecule has 0 aliphatic carbocycles. The van der Waals surface area contributed by atoms with Gasteiger partial charge in [-0.3, -0.25) is 4.72 Å². The summed E-state index contributed by atoms with van der Waals surface area (Å²) in [6.45, 7) is 6.23. The summed E-state index contributed by atoms with van der Waals surface area (Å²) in [5.41, 5.74) is 3.16. The first-order valence-corrected chi connectivity index (χ1v) is 12.2. The highest BCUT2D eigenvalue weighted by atomic mass is 32.2. The molecule has 1 aliphatic heterocycles. The van der Waals surface area contributed by atoms with E-state index in [0.29, 0.717) is 42.0 Å². The van der Waals surface area contributed by atoms with E-state index in [1.54, 1.807) is 60.1 Å². The molecule has 9 nitrogen and oxygen atoms in total. The zero-order valence-corrected chi connectivity index (χ0v) is 19.8. The zero-order chi connectivity index (χ0) is 23.9. The normalized spacial score (nSPS) is 12.8. The van der Waals surface area contributed by atoms with Gasteiger partial charge in [0.05, 0.1) is 17.2 Å². The second-order valence-electron chi connectivity index (χ2n) is 8.05. The van der Waals surface area contributed by atoms with Crippen molar-refractivity contribution in [3.05, 3.63) is 77.4 Å². The predicted molar refractivity (Wildman–Crippen MR) is 126 cm³/mol. The quantitative estimate of drug-likeness (QED) is 0.445. The van der Waals surface area contributed by atoms with Crippen molar-refractivity contribution < 1.29 is 17.9 Å². The number of rotatable bonds is 6. The molecule has 3 heterocycles. The van der Waals surface area contributed by atoms with Crippen LogP contribution in [0.4, 0.5) is 5.69 Å². The van der Waals surface area contributed by atoms with Crippen LogP contribution in [-0.2, 0) is 16.4 Å². The summed E-state index contributed by atoms with van der Waals surface area (Å²) in [6, 6.07) is 15.2. The van der Waals surface area contributed by atoms with E-state index in [1.165, 1.54) is 0 Å². The monoisotopic (exact) mass is 477 g/mol. The first kappa shape index (κ1) is 21.9. The summed E-state index contributed by atoms with van der Waals surface area (Å²) >= 11 is 0. The lowest BCUT2D eigenvalue weighted by molar-refractivity contribution is 0.356. The van der Waals surface area contributed by atoms with Crippen LogP contribution >= 0.6 is 0 Å². The maximum absolute atomic E-state index is 12.8. The summed E-state index contributed by atoms with van der Waals surface area (Å²) < 4.78 is 41.3. The first-order chi connectivity index (χ1) is 16.3. The number of fused-ring (bicyclic) bond motifs is 1. The molecule has 2 aromatic heterocycles. The van der Waals surface area contributed by atoms with Crippen LogP contribution in [-0.4, -0.2) is 34.8 Å². The SMILES string of the molecule is Cc1cc(C)n(-c2cc(Oc3ccc(NS(=O)(=O)c4ccc5c(c4)CCO5)cc3)nc(C)n2)n1. The smallest absolute Gasteiger partial charge is 0.261 e. The van der Waals surface area contributed by atoms with Crippen molar-refractivity contribution >= 4 is 15.7 Å². The van der Waals surface area contributed by atoms with E-state index in [4.69, 9.17) is 9.47 Å². The minimum absolute atomic E-state index is 0.199. The van der Waals surface area contributed by atoms with E-state index in [9.17, 15) is 8.42 Å². The molecule has 0 fully saturated rings. The average molecular weight is 478 g/mol. The van der Waals surface area contributed by atoms with E-state index in [0.717, 1.165) is 22.7 Å². The molecule has 0 bridgehead atoms. The van der Waals surface area contributed by atoms with Gasteiger partial charge in [-0.2, -0.15) is 10.1 Å². The zero-order valence-electron chi connectivity index (χ0n) is 18.9. The second-order valence-corrected chi connectivity index (χ2v) is 9.73. The first-order valence-electron chi connectivity index (χ1n) is 10.7. The van der Waals surface area contributed by atoms with Crippen molar-refractivity contribution in [2.24, 2.45) is 0 Å². The lowest BCUT2D eigenvalue weighted by atomic mass is 10.2. The van der Waals surface area contributed by atoms with E-state index in [-0.39, 0.29) is 4.90 Å². The highest BCUT2D eigenvalue weighted by molar-refractivity contribution is 7.92. The van der Waals surface area contributed by atoms with Crippen molar-refractivity contribution in [3.8, 4) is 23.2 Å². The molecular weight excluding hydrogens is 454 g/mol. The Morgan fingerprint density at radius 2 is 1.79 bits per heavy atom. The Bertz CT molecular complexity index is 1480. The number of nitrogens with zero attached hydrogens (tertiary/aromatic N) is 4. The molecule has 1 N–H and O–H groups in total. The third-order valence-corrected chi connectivity index (χ3v) is 6.71. The fourth-order valence-electron chi connectivity index (χ4n) is 3.80. The largest absolute Gasteiger partial charge is 0.493 e. The van der Waals surface area contributed by atoms with Crippen LogP contribution < -0.4 is 14.2 Å². The van der Waals surface area contributed by atoms with Gasteiger partial charge in [-0.25, -0.2) is 18.1 Å². The Kier molecular flexibility index (Phi) is 5.45. The van der Waals surface area contributed by atoms with Gasteiger partial charge in [0.15, 0.2) is 5.82 Å². The average Bonchev–Trinajstić information content (AvgIpc) is 3.39. The Morgan fingerprint density at radius 3 is 2.53 bits per heavy atom. The topological polar surface area (TPSA) is 108 Å². The van der Waals surface area contributed by atoms with Gasteiger partial charge < -0.3 is 9.47 Å². The number of nitrogens with one attached hydrogen (secondary N) is 1. The lowest BCUT2D eigenvalue weighted by Crippen LogP contribution is -2.13. The Labute approximate surface area is 197 Å². The number of hydrogen-bond acceptors (Lipinski definition) is 7. The maximum Gasteiger partial charge on any atom is 0.261 e. The fourth-order valence-corrected chi connectivity index (χ4v) is 4.91. The van der Waals surface area contributed by atoms with Gasteiger partial charge in [0.1, 0.15) is 17.3 Å². The van der Waals surface area contributed by atoms with E-state index >= 15 is 0 Å². The van der Waals surface area contributed by atoms with Crippen LogP contribution in [0.1, 0.15) is 22.8 Å². The van der Waals surface area contributed by atoms with Crippen molar-refractivity contribution in [1.82, 2.24) is 19.7 Å². The molecule has 10 heteroatoms. The molecule has 2 aromatic carbocycles. The van der Waals surface area contributed by atoms with Gasteiger partial charge >= 0.3 is 0 Å². The predicted octanol–water partition coefficient (Wildman–Crippen LogP) is 4.12. The number of ether oxygens (including phenoxy) is 2. The number of aryl methyl sites for hydroxylation is 3. The Balaban J connectivity index is 1.32. The molecule has 5 rings (SSSR count). The molecule has 0 spiro atoms. The summed E-state index contributed by atoms with van der Waals surface area (Å²) in [5.74, 6) is 2.77. The number of hydrogen-bond donors (Lipinski definition) is 1. The molecule has 0 unspecified atom stereocenters. The number of benzene rings is 2. The molecular formula is C24H23N5O4S. The number of sulfonamides is 1. The highest BCUT2D eigenvalue weighted by Crippen LogP contribution is 2.29. The van der Waals surface area contributed by atoms with Crippen LogP contribution in [0, 0.1) is 20.8 Å². The third-order valence-electron chi connectivity index (χ3n) is 5.33. The summed E-state index contributed by atoms with van der Waals surface area (Å²) in [5, 5.41) is 4.46. The fraction of sp³-hybridized carbons (Fsp3) is 0.208. The van der Waals surface area contributed by atoms with Crippen LogP contribution in [0.3, 0.4) is 0 Å². The number of anilines is 1. The van der Waals surface area contributed by atoms with E-state index in [2.05, 4.69) is 19.8 Å². The molecule has 0 radical (unpaired) electrons. The van der Waals surface area contributed by atoms with E-state index in [1.807, 2.05) is 19.9 Å². The van der Waals surface area contributed by atoms with Crippen molar-refractivity contribution in [1.29, 1.82) is 0 Å². The Hall–Kier alpha value is -3.92. The van der Waals surface area contributed by atoms with Crippen LogP contribution in [0.2, 0.25) is 0 Å². The molecule has 0 saturated heterocycles. The molecule has 0 saturated carbocycles. The molecule has 1 aliphatic rings. The maximum atomic E-state index is 12.8. The van der Waals surface area contributed by atoms with Gasteiger partial charge in [0, 0.05) is 23.9 Å². The van der Waals surface area contributed by atoms with Gasteiger partial charge in [0.25, 0.3) is 10.0 Å². The summed E-state index contributed by atoms with van der Waals surface area (Å²) in [7, 11) is -3.73. The van der Waals surface area contributed by atoms with Gasteiger partial charge in [-0.15, -0.1) is 0 Å². The van der Waals surface area contributed by atoms with Crippen molar-refractivity contribution in [2.75, 3.05) is 11.3 Å². The minimum atomic E-state index is -3.73. The molecule has 34 heavy (non-hydrogen) atoms.